The van der Waals surface area contributed by atoms with Crippen LogP contribution in [0.25, 0.3) is 0 Å². The predicted octanol–water partition coefficient (Wildman–Crippen LogP) is 4.21. The first kappa shape index (κ1) is 14.4. The Bertz CT molecular complexity index is 422. The molecular weight excluding hydrogens is 313 g/mol. The maximum absolute atomic E-state index is 13.6. The second-order valence-corrected chi connectivity index (χ2v) is 7.64. The molecule has 1 nitrogen and oxygen atoms in total. The Hall–Kier alpha value is -0.0600. The maximum Gasteiger partial charge on any atom is 0.127 e. The zero-order valence-corrected chi connectivity index (χ0v) is 13.2. The van der Waals surface area contributed by atoms with Crippen LogP contribution in [0.2, 0.25) is 0 Å². The van der Waals surface area contributed by atoms with Crippen molar-refractivity contribution in [2.75, 3.05) is 11.5 Å². The van der Waals surface area contributed by atoms with E-state index < -0.39 is 0 Å². The number of hydrogen-bond donors (Lipinski definition) is 1. The van der Waals surface area contributed by atoms with Crippen molar-refractivity contribution in [2.24, 2.45) is 5.41 Å². The standard InChI is InChI=1S/C14H19BrFNS/c1-14(2)6-12(8-18-9-14)17-7-10-5-11(15)3-4-13(10)16/h3-5,12,17H,6-9H2,1-2H3. The summed E-state index contributed by atoms with van der Waals surface area (Å²) < 4.78 is 14.5. The Balaban J connectivity index is 1.93. The van der Waals surface area contributed by atoms with Gasteiger partial charge in [-0.2, -0.15) is 11.8 Å². The van der Waals surface area contributed by atoms with Crippen LogP contribution in [-0.2, 0) is 6.54 Å². The number of hydrogen-bond acceptors (Lipinski definition) is 2. The summed E-state index contributed by atoms with van der Waals surface area (Å²) in [6.45, 7) is 5.20. The minimum atomic E-state index is -0.131. The molecule has 0 aromatic heterocycles. The SMILES string of the molecule is CC1(C)CSCC(NCc2cc(Br)ccc2F)C1. The molecule has 1 unspecified atom stereocenters. The van der Waals surface area contributed by atoms with Crippen LogP contribution in [0.4, 0.5) is 4.39 Å². The number of nitrogens with one attached hydrogen (secondary N) is 1. The molecule has 0 radical (unpaired) electrons. The summed E-state index contributed by atoms with van der Waals surface area (Å²) in [5.74, 6) is 2.21. The van der Waals surface area contributed by atoms with Gasteiger partial charge in [-0.25, -0.2) is 4.39 Å². The van der Waals surface area contributed by atoms with Crippen LogP contribution in [0.15, 0.2) is 22.7 Å². The van der Waals surface area contributed by atoms with E-state index in [1.165, 1.54) is 11.8 Å². The molecular formula is C14H19BrFNS. The summed E-state index contributed by atoms with van der Waals surface area (Å²) in [5.41, 5.74) is 1.12. The highest BCUT2D eigenvalue weighted by Gasteiger charge is 2.28. The predicted molar refractivity (Wildman–Crippen MR) is 80.5 cm³/mol. The minimum Gasteiger partial charge on any atom is -0.309 e. The zero-order valence-electron chi connectivity index (χ0n) is 10.8. The Kier molecular flexibility index (Phi) is 4.73. The highest BCUT2D eigenvalue weighted by atomic mass is 79.9. The average Bonchev–Trinajstić information content (AvgIpc) is 2.29. The fraction of sp³-hybridized carbons (Fsp3) is 0.571. The van der Waals surface area contributed by atoms with Crippen molar-refractivity contribution in [1.82, 2.24) is 5.32 Å². The van der Waals surface area contributed by atoms with Gasteiger partial charge < -0.3 is 5.32 Å². The molecule has 1 saturated heterocycles. The van der Waals surface area contributed by atoms with Crippen molar-refractivity contribution in [3.63, 3.8) is 0 Å². The zero-order chi connectivity index (χ0) is 13.2. The summed E-state index contributed by atoms with van der Waals surface area (Å²) in [6.07, 6.45) is 1.16. The summed E-state index contributed by atoms with van der Waals surface area (Å²) in [4.78, 5) is 0. The molecule has 2 rings (SSSR count). The summed E-state index contributed by atoms with van der Waals surface area (Å²) >= 11 is 5.37. The lowest BCUT2D eigenvalue weighted by Crippen LogP contribution is -2.40. The third-order valence-corrected chi connectivity index (χ3v) is 5.32. The van der Waals surface area contributed by atoms with Gasteiger partial charge in [-0.1, -0.05) is 29.8 Å². The van der Waals surface area contributed by atoms with Gasteiger partial charge in [0.15, 0.2) is 0 Å². The largest absolute Gasteiger partial charge is 0.309 e. The van der Waals surface area contributed by atoms with Crippen molar-refractivity contribution in [3.8, 4) is 0 Å². The number of benzene rings is 1. The molecule has 1 aliphatic heterocycles. The lowest BCUT2D eigenvalue weighted by molar-refractivity contribution is 0.316. The Morgan fingerprint density at radius 2 is 2.28 bits per heavy atom. The van der Waals surface area contributed by atoms with Gasteiger partial charge in [0.25, 0.3) is 0 Å². The summed E-state index contributed by atoms with van der Waals surface area (Å²) in [5, 5.41) is 3.48. The van der Waals surface area contributed by atoms with Crippen molar-refractivity contribution in [1.29, 1.82) is 0 Å². The first-order valence-corrected chi connectivity index (χ1v) is 8.16. The van der Waals surface area contributed by atoms with Crippen LogP contribution in [0.5, 0.6) is 0 Å². The van der Waals surface area contributed by atoms with Gasteiger partial charge in [0.05, 0.1) is 0 Å². The molecule has 0 saturated carbocycles. The van der Waals surface area contributed by atoms with E-state index in [2.05, 4.69) is 35.1 Å². The molecule has 1 heterocycles. The van der Waals surface area contributed by atoms with E-state index in [9.17, 15) is 4.39 Å². The Morgan fingerprint density at radius 3 is 3.00 bits per heavy atom. The molecule has 1 N–H and O–H groups in total. The highest BCUT2D eigenvalue weighted by Crippen LogP contribution is 2.33. The van der Waals surface area contributed by atoms with Crippen molar-refractivity contribution in [3.05, 3.63) is 34.1 Å². The van der Waals surface area contributed by atoms with Crippen LogP contribution < -0.4 is 5.32 Å². The van der Waals surface area contributed by atoms with Gasteiger partial charge in [0.1, 0.15) is 5.82 Å². The molecule has 1 atom stereocenters. The fourth-order valence-corrected chi connectivity index (χ4v) is 4.04. The quantitative estimate of drug-likeness (QED) is 0.890. The van der Waals surface area contributed by atoms with Crippen molar-refractivity contribution >= 4 is 27.7 Å². The van der Waals surface area contributed by atoms with Crippen molar-refractivity contribution in [2.45, 2.75) is 32.9 Å². The van der Waals surface area contributed by atoms with Gasteiger partial charge in [0, 0.05) is 28.4 Å². The van der Waals surface area contributed by atoms with Gasteiger partial charge in [-0.15, -0.1) is 0 Å². The summed E-state index contributed by atoms with van der Waals surface area (Å²) in [6, 6.07) is 5.58. The van der Waals surface area contributed by atoms with E-state index in [-0.39, 0.29) is 5.82 Å². The van der Waals surface area contributed by atoms with Crippen LogP contribution in [0.3, 0.4) is 0 Å². The van der Waals surface area contributed by atoms with E-state index in [1.807, 2.05) is 17.8 Å². The van der Waals surface area contributed by atoms with E-state index in [4.69, 9.17) is 0 Å². The number of thioether (sulfide) groups is 1. The van der Waals surface area contributed by atoms with Crippen molar-refractivity contribution < 1.29 is 4.39 Å². The first-order chi connectivity index (χ1) is 8.46. The number of halogens is 2. The molecule has 100 valence electrons. The second-order valence-electron chi connectivity index (χ2n) is 5.70. The monoisotopic (exact) mass is 331 g/mol. The average molecular weight is 332 g/mol. The molecule has 0 amide bonds. The van der Waals surface area contributed by atoms with Gasteiger partial charge in [-0.05, 0) is 35.8 Å². The van der Waals surface area contributed by atoms with Crippen LogP contribution >= 0.6 is 27.7 Å². The molecule has 18 heavy (non-hydrogen) atoms. The van der Waals surface area contributed by atoms with Gasteiger partial charge >= 0.3 is 0 Å². The second kappa shape index (κ2) is 5.93. The maximum atomic E-state index is 13.6. The fourth-order valence-electron chi connectivity index (χ4n) is 2.33. The molecule has 4 heteroatoms. The van der Waals surface area contributed by atoms with E-state index in [0.717, 1.165) is 22.2 Å². The molecule has 0 spiro atoms. The van der Waals surface area contributed by atoms with E-state index in [1.54, 1.807) is 6.07 Å². The first-order valence-electron chi connectivity index (χ1n) is 6.21. The number of rotatable bonds is 3. The smallest absolute Gasteiger partial charge is 0.127 e. The van der Waals surface area contributed by atoms with Crippen LogP contribution in [0, 0.1) is 11.2 Å². The van der Waals surface area contributed by atoms with Gasteiger partial charge in [0.2, 0.25) is 0 Å². The van der Waals surface area contributed by atoms with Gasteiger partial charge in [-0.3, -0.25) is 0 Å². The molecule has 1 fully saturated rings. The third kappa shape index (κ3) is 3.97. The highest BCUT2D eigenvalue weighted by molar-refractivity contribution is 9.10. The lowest BCUT2D eigenvalue weighted by Gasteiger charge is -2.35. The molecule has 0 aliphatic carbocycles. The molecule has 1 aromatic rings. The Morgan fingerprint density at radius 1 is 1.50 bits per heavy atom. The molecule has 0 bridgehead atoms. The topological polar surface area (TPSA) is 12.0 Å². The van der Waals surface area contributed by atoms with E-state index >= 15 is 0 Å². The van der Waals surface area contributed by atoms with E-state index in [0.29, 0.717) is 18.0 Å². The molecule has 1 aliphatic rings. The lowest BCUT2D eigenvalue weighted by atomic mass is 9.88. The summed E-state index contributed by atoms with van der Waals surface area (Å²) in [7, 11) is 0. The van der Waals surface area contributed by atoms with Crippen LogP contribution in [-0.4, -0.2) is 17.5 Å². The minimum absolute atomic E-state index is 0.131. The third-order valence-electron chi connectivity index (χ3n) is 3.20. The van der Waals surface area contributed by atoms with Crippen LogP contribution in [0.1, 0.15) is 25.8 Å². The molecule has 1 aromatic carbocycles. The Labute approximate surface area is 121 Å². The normalized spacial score (nSPS) is 23.0.